The number of carbonyl (C=O) groups excluding carboxylic acids is 2. The molecular weight excluding hydrogens is 556 g/mol. The van der Waals surface area contributed by atoms with Crippen LogP contribution < -0.4 is 4.90 Å². The molecule has 6 heteroatoms. The number of amides is 1. The van der Waals surface area contributed by atoms with Crippen LogP contribution in [0.25, 0.3) is 0 Å². The Labute approximate surface area is 263 Å². The monoisotopic (exact) mass is 607 g/mol. The average molecular weight is 608 g/mol. The van der Waals surface area contributed by atoms with Gasteiger partial charge in [-0.3, -0.25) is 4.79 Å². The van der Waals surface area contributed by atoms with Crippen LogP contribution in [0.4, 0.5) is 14.5 Å². The molecule has 0 aliphatic heterocycles. The summed E-state index contributed by atoms with van der Waals surface area (Å²) in [6.45, 7) is 17.5. The molecule has 4 nitrogen and oxygen atoms in total. The SMILES string of the molecule is CCCC(C)(CCC)N(C(=O)c1ccc(C(=O)OCC)cc1C)c1ccc(CC(C)(F)F)cc1.CCc1ccc(C)c(C)c1. The topological polar surface area (TPSA) is 46.6 Å². The maximum Gasteiger partial charge on any atom is 0.338 e. The first-order chi connectivity index (χ1) is 20.7. The van der Waals surface area contributed by atoms with Crippen molar-refractivity contribution in [3.63, 3.8) is 0 Å². The minimum atomic E-state index is -2.80. The second-order valence-electron chi connectivity index (χ2n) is 12.1. The molecule has 0 N–H and O–H groups in total. The van der Waals surface area contributed by atoms with Crippen LogP contribution in [0.2, 0.25) is 0 Å². The number of ether oxygens (including phenoxy) is 1. The van der Waals surface area contributed by atoms with Crippen molar-refractivity contribution in [2.24, 2.45) is 0 Å². The molecule has 0 heterocycles. The highest BCUT2D eigenvalue weighted by Gasteiger charge is 2.36. The summed E-state index contributed by atoms with van der Waals surface area (Å²) in [7, 11) is 0. The van der Waals surface area contributed by atoms with Gasteiger partial charge in [-0.15, -0.1) is 0 Å². The van der Waals surface area contributed by atoms with E-state index in [0.717, 1.165) is 39.0 Å². The third-order valence-corrected chi connectivity index (χ3v) is 7.98. The number of aryl methyl sites for hydroxylation is 4. The fraction of sp³-hybridized carbons (Fsp3) is 0.474. The highest BCUT2D eigenvalue weighted by atomic mass is 19.3. The van der Waals surface area contributed by atoms with Gasteiger partial charge in [-0.25, -0.2) is 13.6 Å². The van der Waals surface area contributed by atoms with E-state index in [9.17, 15) is 18.4 Å². The van der Waals surface area contributed by atoms with Gasteiger partial charge in [0.1, 0.15) is 0 Å². The summed E-state index contributed by atoms with van der Waals surface area (Å²) in [5.41, 5.74) is 6.53. The minimum Gasteiger partial charge on any atom is -0.462 e. The van der Waals surface area contributed by atoms with E-state index in [2.05, 4.69) is 59.7 Å². The number of carbonyl (C=O) groups is 2. The van der Waals surface area contributed by atoms with Gasteiger partial charge in [0, 0.05) is 23.2 Å². The zero-order chi connectivity index (χ0) is 33.1. The van der Waals surface area contributed by atoms with Crippen molar-refractivity contribution in [3.05, 3.63) is 99.6 Å². The van der Waals surface area contributed by atoms with Crippen LogP contribution in [0.15, 0.2) is 60.7 Å². The molecule has 0 bridgehead atoms. The number of hydrogen-bond donors (Lipinski definition) is 0. The minimum absolute atomic E-state index is 0.175. The predicted molar refractivity (Wildman–Crippen MR) is 178 cm³/mol. The summed E-state index contributed by atoms with van der Waals surface area (Å²) >= 11 is 0. The zero-order valence-corrected chi connectivity index (χ0v) is 28.2. The van der Waals surface area contributed by atoms with Gasteiger partial charge in [-0.05, 0) is 119 Å². The smallest absolute Gasteiger partial charge is 0.338 e. The Balaban J connectivity index is 0.000000569. The third-order valence-electron chi connectivity index (χ3n) is 7.98. The van der Waals surface area contributed by atoms with Gasteiger partial charge in [0.25, 0.3) is 5.91 Å². The Kier molecular flexibility index (Phi) is 13.8. The molecule has 0 unspecified atom stereocenters. The zero-order valence-electron chi connectivity index (χ0n) is 28.2. The molecule has 0 aliphatic carbocycles. The normalized spacial score (nSPS) is 11.4. The van der Waals surface area contributed by atoms with Crippen molar-refractivity contribution >= 4 is 17.6 Å². The quantitative estimate of drug-likeness (QED) is 0.193. The highest BCUT2D eigenvalue weighted by Crippen LogP contribution is 2.35. The van der Waals surface area contributed by atoms with Crippen LogP contribution in [-0.4, -0.2) is 29.9 Å². The lowest BCUT2D eigenvalue weighted by atomic mass is 9.87. The summed E-state index contributed by atoms with van der Waals surface area (Å²) in [4.78, 5) is 27.9. The van der Waals surface area contributed by atoms with E-state index in [0.29, 0.717) is 27.9 Å². The lowest BCUT2D eigenvalue weighted by molar-refractivity contribution is 0.0226. The Morgan fingerprint density at radius 2 is 1.34 bits per heavy atom. The summed E-state index contributed by atoms with van der Waals surface area (Å²) in [6.07, 6.45) is 4.16. The Hall–Kier alpha value is -3.54. The standard InChI is InChI=1S/C28H37F2NO3.C10H14/c1-7-16-27(5,17-8-2)31(23-13-10-21(11-14-23)19-28(6,29)30)25(32)24-15-12-22(18-20(24)4)26(33)34-9-3;1-4-10-6-5-8(2)9(3)7-10/h10-15,18H,7-9,16-17,19H2,1-6H3;5-7H,4H2,1-3H3. The van der Waals surface area contributed by atoms with Gasteiger partial charge in [0.2, 0.25) is 5.92 Å². The van der Waals surface area contributed by atoms with E-state index in [1.807, 2.05) is 0 Å². The lowest BCUT2D eigenvalue weighted by Crippen LogP contribution is -2.50. The number of rotatable bonds is 12. The van der Waals surface area contributed by atoms with Crippen molar-refractivity contribution in [3.8, 4) is 0 Å². The van der Waals surface area contributed by atoms with Crippen LogP contribution in [-0.2, 0) is 17.6 Å². The van der Waals surface area contributed by atoms with E-state index in [4.69, 9.17) is 4.74 Å². The molecule has 44 heavy (non-hydrogen) atoms. The summed E-state index contributed by atoms with van der Waals surface area (Å²) in [5, 5.41) is 0. The van der Waals surface area contributed by atoms with Crippen molar-refractivity contribution in [1.29, 1.82) is 0 Å². The largest absolute Gasteiger partial charge is 0.462 e. The number of esters is 1. The highest BCUT2D eigenvalue weighted by molar-refractivity contribution is 6.08. The molecule has 3 aromatic rings. The van der Waals surface area contributed by atoms with Crippen molar-refractivity contribution in [2.45, 2.75) is 112 Å². The third kappa shape index (κ3) is 10.3. The maximum absolute atomic E-state index is 14.0. The first kappa shape index (κ1) is 36.7. The van der Waals surface area contributed by atoms with E-state index in [-0.39, 0.29) is 18.9 Å². The van der Waals surface area contributed by atoms with Crippen LogP contribution in [0.1, 0.15) is 116 Å². The van der Waals surface area contributed by atoms with Crippen LogP contribution >= 0.6 is 0 Å². The number of halogens is 2. The molecule has 0 saturated carbocycles. The summed E-state index contributed by atoms with van der Waals surface area (Å²) in [5.74, 6) is -3.40. The lowest BCUT2D eigenvalue weighted by Gasteiger charge is -2.42. The maximum atomic E-state index is 14.0. The van der Waals surface area contributed by atoms with Gasteiger partial charge in [-0.1, -0.05) is 63.9 Å². The first-order valence-electron chi connectivity index (χ1n) is 15.8. The number of anilines is 1. The molecule has 0 spiro atoms. The van der Waals surface area contributed by atoms with Gasteiger partial charge in [0.15, 0.2) is 0 Å². The predicted octanol–water partition coefficient (Wildman–Crippen LogP) is 10.2. The fourth-order valence-electron chi connectivity index (χ4n) is 5.61. The van der Waals surface area contributed by atoms with Crippen molar-refractivity contribution < 1.29 is 23.1 Å². The number of benzene rings is 3. The molecule has 3 rings (SSSR count). The Morgan fingerprint density at radius 1 is 0.750 bits per heavy atom. The molecule has 0 aromatic heterocycles. The number of alkyl halides is 2. The van der Waals surface area contributed by atoms with E-state index in [1.165, 1.54) is 16.7 Å². The van der Waals surface area contributed by atoms with Gasteiger partial charge < -0.3 is 9.64 Å². The van der Waals surface area contributed by atoms with Crippen LogP contribution in [0.3, 0.4) is 0 Å². The molecular formula is C38H51F2NO3. The first-order valence-corrected chi connectivity index (χ1v) is 15.8. The van der Waals surface area contributed by atoms with Gasteiger partial charge in [-0.2, -0.15) is 0 Å². The Morgan fingerprint density at radius 3 is 1.82 bits per heavy atom. The molecule has 240 valence electrons. The Bertz CT molecular complexity index is 1370. The van der Waals surface area contributed by atoms with Crippen LogP contribution in [0.5, 0.6) is 0 Å². The molecule has 0 aliphatic rings. The van der Waals surface area contributed by atoms with Gasteiger partial charge >= 0.3 is 5.97 Å². The van der Waals surface area contributed by atoms with E-state index in [1.54, 1.807) is 61.2 Å². The fourth-order valence-corrected chi connectivity index (χ4v) is 5.61. The van der Waals surface area contributed by atoms with E-state index >= 15 is 0 Å². The van der Waals surface area contributed by atoms with Gasteiger partial charge in [0.05, 0.1) is 12.2 Å². The van der Waals surface area contributed by atoms with E-state index < -0.39 is 17.4 Å². The second-order valence-corrected chi connectivity index (χ2v) is 12.1. The molecule has 0 atom stereocenters. The average Bonchev–Trinajstić information content (AvgIpc) is 2.95. The second kappa shape index (κ2) is 16.5. The number of hydrogen-bond acceptors (Lipinski definition) is 3. The summed E-state index contributed by atoms with van der Waals surface area (Å²) in [6, 6.07) is 18.4. The molecule has 1 amide bonds. The van der Waals surface area contributed by atoms with Crippen LogP contribution in [0, 0.1) is 20.8 Å². The summed E-state index contributed by atoms with van der Waals surface area (Å²) < 4.78 is 32.1. The van der Waals surface area contributed by atoms with Crippen molar-refractivity contribution in [2.75, 3.05) is 11.5 Å². The molecule has 0 fully saturated rings. The molecule has 0 radical (unpaired) electrons. The van der Waals surface area contributed by atoms with Crippen molar-refractivity contribution in [1.82, 2.24) is 0 Å². The molecule has 3 aromatic carbocycles. The molecule has 0 saturated heterocycles. The number of nitrogens with zero attached hydrogens (tertiary/aromatic N) is 1.